The number of rotatable bonds is 6. The van der Waals surface area contributed by atoms with Crippen molar-refractivity contribution in [3.63, 3.8) is 0 Å². The summed E-state index contributed by atoms with van der Waals surface area (Å²) in [7, 11) is 0. The Kier molecular flexibility index (Phi) is 7.15. The lowest BCUT2D eigenvalue weighted by Crippen LogP contribution is -2.47. The fraction of sp³-hybridized carbons (Fsp3) is 0.423. The zero-order chi connectivity index (χ0) is 24.2. The van der Waals surface area contributed by atoms with Crippen molar-refractivity contribution in [1.29, 1.82) is 0 Å². The van der Waals surface area contributed by atoms with E-state index >= 15 is 0 Å². The smallest absolute Gasteiger partial charge is 0.230 e. The summed E-state index contributed by atoms with van der Waals surface area (Å²) in [6.45, 7) is 5.77. The van der Waals surface area contributed by atoms with Crippen LogP contribution in [0.3, 0.4) is 0 Å². The summed E-state index contributed by atoms with van der Waals surface area (Å²) in [6.07, 6.45) is 3.53. The molecule has 0 amide bonds. The van der Waals surface area contributed by atoms with Crippen molar-refractivity contribution < 1.29 is 8.78 Å². The highest BCUT2D eigenvalue weighted by molar-refractivity contribution is 5.35. The Morgan fingerprint density at radius 3 is 1.86 bits per heavy atom. The molecule has 3 aromatic rings. The van der Waals surface area contributed by atoms with E-state index in [1.54, 1.807) is 0 Å². The minimum absolute atomic E-state index is 0.0723. The Bertz CT molecular complexity index is 1060. The highest BCUT2D eigenvalue weighted by Gasteiger charge is 2.27. The van der Waals surface area contributed by atoms with Crippen LogP contribution in [-0.2, 0) is 6.54 Å². The Hall–Kier alpha value is -3.17. The largest absolute Gasteiger partial charge is 0.368 e. The molecule has 184 valence electrons. The van der Waals surface area contributed by atoms with Gasteiger partial charge in [-0.05, 0) is 54.7 Å². The van der Waals surface area contributed by atoms with Crippen LogP contribution in [0.4, 0.5) is 20.7 Å². The second-order valence-electron chi connectivity index (χ2n) is 9.28. The lowest BCUT2D eigenvalue weighted by molar-refractivity contribution is 0.103. The summed E-state index contributed by atoms with van der Waals surface area (Å²) in [4.78, 5) is 20.3. The maximum Gasteiger partial charge on any atom is 0.230 e. The number of nitrogen functional groups attached to an aromatic ring is 1. The third-order valence-corrected chi connectivity index (χ3v) is 6.83. The van der Waals surface area contributed by atoms with E-state index in [0.29, 0.717) is 18.3 Å². The predicted octanol–water partition coefficient (Wildman–Crippen LogP) is 3.63. The fourth-order valence-corrected chi connectivity index (χ4v) is 5.02. The van der Waals surface area contributed by atoms with Crippen molar-refractivity contribution in [3.8, 4) is 0 Å². The number of halogens is 2. The van der Waals surface area contributed by atoms with Gasteiger partial charge in [-0.2, -0.15) is 15.0 Å². The van der Waals surface area contributed by atoms with E-state index in [1.807, 2.05) is 24.3 Å². The van der Waals surface area contributed by atoms with Gasteiger partial charge in [0.2, 0.25) is 11.9 Å². The van der Waals surface area contributed by atoms with Gasteiger partial charge < -0.3 is 10.6 Å². The summed E-state index contributed by atoms with van der Waals surface area (Å²) in [5.74, 6) is 1.11. The van der Waals surface area contributed by atoms with E-state index in [1.165, 1.54) is 30.7 Å². The highest BCUT2D eigenvalue weighted by atomic mass is 19.1. The minimum Gasteiger partial charge on any atom is -0.368 e. The molecule has 9 heteroatoms. The number of aromatic nitrogens is 3. The first-order valence-corrected chi connectivity index (χ1v) is 12.3. The first kappa shape index (κ1) is 23.6. The molecule has 7 nitrogen and oxygen atoms in total. The van der Waals surface area contributed by atoms with Gasteiger partial charge in [-0.1, -0.05) is 24.3 Å². The van der Waals surface area contributed by atoms with E-state index in [-0.39, 0.29) is 23.6 Å². The number of piperazine rings is 1. The van der Waals surface area contributed by atoms with Crippen molar-refractivity contribution in [2.75, 3.05) is 49.9 Å². The molecule has 0 aliphatic carbocycles. The van der Waals surface area contributed by atoms with E-state index < -0.39 is 0 Å². The number of anilines is 2. The van der Waals surface area contributed by atoms with Gasteiger partial charge in [0.25, 0.3) is 0 Å². The van der Waals surface area contributed by atoms with Gasteiger partial charge in [0, 0.05) is 39.3 Å². The molecule has 1 aromatic heterocycles. The van der Waals surface area contributed by atoms with Crippen LogP contribution < -0.4 is 10.6 Å². The molecule has 2 aromatic carbocycles. The lowest BCUT2D eigenvalue weighted by atomic mass is 9.96. The molecule has 0 saturated carbocycles. The molecule has 0 spiro atoms. The number of hydrogen-bond acceptors (Lipinski definition) is 7. The van der Waals surface area contributed by atoms with Gasteiger partial charge in [0.05, 0.1) is 12.6 Å². The van der Waals surface area contributed by atoms with Crippen molar-refractivity contribution in [2.24, 2.45) is 0 Å². The molecular formula is C26H31F2N7. The molecule has 0 unspecified atom stereocenters. The molecular weight excluding hydrogens is 448 g/mol. The van der Waals surface area contributed by atoms with Crippen LogP contribution in [-0.4, -0.2) is 64.0 Å². The third-order valence-electron chi connectivity index (χ3n) is 6.83. The summed E-state index contributed by atoms with van der Waals surface area (Å²) in [5.41, 5.74) is 7.99. The normalized spacial score (nSPS) is 17.7. The molecule has 2 fully saturated rings. The second kappa shape index (κ2) is 10.6. The molecule has 0 bridgehead atoms. The molecule has 2 N–H and O–H groups in total. The molecule has 0 atom stereocenters. The number of nitrogens with two attached hydrogens (primary N) is 1. The van der Waals surface area contributed by atoms with Crippen LogP contribution in [0.5, 0.6) is 0 Å². The average molecular weight is 480 g/mol. The Morgan fingerprint density at radius 2 is 1.29 bits per heavy atom. The number of nitrogens with zero attached hydrogens (tertiary/aromatic N) is 6. The summed E-state index contributed by atoms with van der Waals surface area (Å²) >= 11 is 0. The first-order chi connectivity index (χ1) is 17.0. The van der Waals surface area contributed by atoms with Crippen molar-refractivity contribution >= 4 is 11.9 Å². The lowest BCUT2D eigenvalue weighted by Gasteiger charge is -2.39. The zero-order valence-electron chi connectivity index (χ0n) is 19.8. The molecule has 35 heavy (non-hydrogen) atoms. The maximum absolute atomic E-state index is 13.6. The Morgan fingerprint density at radius 1 is 0.714 bits per heavy atom. The van der Waals surface area contributed by atoms with E-state index in [0.717, 1.165) is 63.2 Å². The fourth-order valence-electron chi connectivity index (χ4n) is 5.02. The Balaban J connectivity index is 1.28. The second-order valence-corrected chi connectivity index (χ2v) is 9.28. The monoisotopic (exact) mass is 479 g/mol. The van der Waals surface area contributed by atoms with Gasteiger partial charge in [-0.25, -0.2) is 8.78 Å². The SMILES string of the molecule is Nc1nc(CN2CCN(C(c3ccc(F)cc3)c3ccc(F)cc3)CC2)nc(N2CCCCC2)n1. The van der Waals surface area contributed by atoms with E-state index in [4.69, 9.17) is 10.7 Å². The maximum atomic E-state index is 13.6. The van der Waals surface area contributed by atoms with Gasteiger partial charge in [-0.15, -0.1) is 0 Å². The highest BCUT2D eigenvalue weighted by Crippen LogP contribution is 2.30. The van der Waals surface area contributed by atoms with Gasteiger partial charge in [0.1, 0.15) is 17.5 Å². The standard InChI is InChI=1S/C26H31F2N7/c27-21-8-4-19(5-9-21)24(20-6-10-22(28)11-7-20)34-16-14-33(15-17-34)18-23-30-25(29)32-26(31-23)35-12-2-1-3-13-35/h4-11,24H,1-3,12-18H2,(H2,29,30,31,32). The minimum atomic E-state index is -0.267. The molecule has 3 heterocycles. The van der Waals surface area contributed by atoms with Gasteiger partial charge in [-0.3, -0.25) is 9.80 Å². The van der Waals surface area contributed by atoms with Crippen LogP contribution >= 0.6 is 0 Å². The molecule has 2 saturated heterocycles. The number of benzene rings is 2. The zero-order valence-corrected chi connectivity index (χ0v) is 19.8. The topological polar surface area (TPSA) is 74.4 Å². The molecule has 2 aliphatic rings. The number of hydrogen-bond donors (Lipinski definition) is 1. The summed E-state index contributed by atoms with van der Waals surface area (Å²) in [6, 6.07) is 13.1. The van der Waals surface area contributed by atoms with Gasteiger partial charge >= 0.3 is 0 Å². The van der Waals surface area contributed by atoms with Gasteiger partial charge in [0.15, 0.2) is 0 Å². The van der Waals surface area contributed by atoms with Crippen LogP contribution in [0.2, 0.25) is 0 Å². The quantitative estimate of drug-likeness (QED) is 0.579. The summed E-state index contributed by atoms with van der Waals surface area (Å²) < 4.78 is 27.2. The Labute approximate surface area is 204 Å². The average Bonchev–Trinajstić information content (AvgIpc) is 2.88. The van der Waals surface area contributed by atoms with Crippen LogP contribution in [0.1, 0.15) is 42.3 Å². The van der Waals surface area contributed by atoms with Crippen LogP contribution in [0, 0.1) is 11.6 Å². The molecule has 5 rings (SSSR count). The van der Waals surface area contributed by atoms with Crippen LogP contribution in [0.15, 0.2) is 48.5 Å². The molecule has 2 aliphatic heterocycles. The predicted molar refractivity (Wildman–Crippen MR) is 132 cm³/mol. The first-order valence-electron chi connectivity index (χ1n) is 12.3. The van der Waals surface area contributed by atoms with E-state index in [2.05, 4.69) is 24.7 Å². The van der Waals surface area contributed by atoms with Crippen molar-refractivity contribution in [2.45, 2.75) is 31.8 Å². The van der Waals surface area contributed by atoms with Crippen molar-refractivity contribution in [3.05, 3.63) is 77.1 Å². The van der Waals surface area contributed by atoms with Crippen molar-refractivity contribution in [1.82, 2.24) is 24.8 Å². The third kappa shape index (κ3) is 5.74. The summed E-state index contributed by atoms with van der Waals surface area (Å²) in [5, 5.41) is 0. The van der Waals surface area contributed by atoms with Crippen LogP contribution in [0.25, 0.3) is 0 Å². The van der Waals surface area contributed by atoms with E-state index in [9.17, 15) is 8.78 Å². The molecule has 0 radical (unpaired) electrons. The number of piperidine rings is 1.